The minimum absolute atomic E-state index is 0.151. The standard InChI is InChI=1S/C14H15FN2O2/c15-11-7-5-9(6-8-11)12(13(16)18)17-14(19)10-3-1-2-4-10/h1-2,5-8,10,12H,3-4H2,(H2,16,18)(H,17,19)/t12-/m1/s1. The number of carbonyl (C=O) groups excluding carboxylic acids is 2. The first-order chi connectivity index (χ1) is 9.08. The molecule has 0 aromatic heterocycles. The van der Waals surface area contributed by atoms with Crippen molar-refractivity contribution in [2.24, 2.45) is 11.7 Å². The first-order valence-corrected chi connectivity index (χ1v) is 6.08. The topological polar surface area (TPSA) is 72.2 Å². The summed E-state index contributed by atoms with van der Waals surface area (Å²) < 4.78 is 12.8. The number of hydrogen-bond donors (Lipinski definition) is 2. The van der Waals surface area contributed by atoms with Crippen LogP contribution in [0.5, 0.6) is 0 Å². The van der Waals surface area contributed by atoms with Crippen LogP contribution in [0.25, 0.3) is 0 Å². The molecule has 1 aliphatic rings. The third-order valence-electron chi connectivity index (χ3n) is 3.15. The number of nitrogens with one attached hydrogen (secondary N) is 1. The molecule has 0 unspecified atom stereocenters. The first-order valence-electron chi connectivity index (χ1n) is 6.08. The lowest BCUT2D eigenvalue weighted by Gasteiger charge is -2.18. The van der Waals surface area contributed by atoms with Crippen LogP contribution in [0.1, 0.15) is 24.4 Å². The average Bonchev–Trinajstić information content (AvgIpc) is 2.90. The molecule has 0 aliphatic heterocycles. The van der Waals surface area contributed by atoms with Crippen LogP contribution >= 0.6 is 0 Å². The zero-order valence-corrected chi connectivity index (χ0v) is 10.3. The third-order valence-corrected chi connectivity index (χ3v) is 3.15. The number of allylic oxidation sites excluding steroid dienone is 2. The van der Waals surface area contributed by atoms with Crippen molar-refractivity contribution >= 4 is 11.8 Å². The number of benzene rings is 1. The van der Waals surface area contributed by atoms with Crippen LogP contribution in [-0.4, -0.2) is 11.8 Å². The Morgan fingerprint density at radius 2 is 1.79 bits per heavy atom. The molecule has 0 spiro atoms. The van der Waals surface area contributed by atoms with Gasteiger partial charge in [0, 0.05) is 5.92 Å². The Balaban J connectivity index is 2.10. The molecule has 0 bridgehead atoms. The minimum atomic E-state index is -0.923. The molecule has 0 saturated carbocycles. The molecule has 100 valence electrons. The van der Waals surface area contributed by atoms with E-state index in [-0.39, 0.29) is 11.8 Å². The molecule has 5 heteroatoms. The van der Waals surface area contributed by atoms with E-state index in [4.69, 9.17) is 5.73 Å². The molecule has 0 fully saturated rings. The van der Waals surface area contributed by atoms with E-state index >= 15 is 0 Å². The maximum atomic E-state index is 12.8. The zero-order valence-electron chi connectivity index (χ0n) is 10.3. The van der Waals surface area contributed by atoms with E-state index in [9.17, 15) is 14.0 Å². The quantitative estimate of drug-likeness (QED) is 0.806. The summed E-state index contributed by atoms with van der Waals surface area (Å²) in [5.74, 6) is -1.43. The third kappa shape index (κ3) is 3.19. The summed E-state index contributed by atoms with van der Waals surface area (Å²) in [5, 5.41) is 2.62. The number of amides is 2. The molecule has 0 heterocycles. The van der Waals surface area contributed by atoms with Gasteiger partial charge in [0.1, 0.15) is 11.9 Å². The van der Waals surface area contributed by atoms with Crippen LogP contribution in [0.15, 0.2) is 36.4 Å². The molecule has 0 radical (unpaired) electrons. The molecule has 1 aliphatic carbocycles. The molecule has 2 rings (SSSR count). The van der Waals surface area contributed by atoms with Crippen molar-refractivity contribution in [1.29, 1.82) is 0 Å². The van der Waals surface area contributed by atoms with Gasteiger partial charge in [0.05, 0.1) is 0 Å². The van der Waals surface area contributed by atoms with Gasteiger partial charge in [-0.1, -0.05) is 24.3 Å². The normalized spacial score (nSPS) is 16.3. The Kier molecular flexibility index (Phi) is 3.94. The summed E-state index contributed by atoms with van der Waals surface area (Å²) in [6.07, 6.45) is 5.20. The van der Waals surface area contributed by atoms with Crippen molar-refractivity contribution in [3.8, 4) is 0 Å². The average molecular weight is 262 g/mol. The fourth-order valence-corrected chi connectivity index (χ4v) is 2.07. The highest BCUT2D eigenvalue weighted by Gasteiger charge is 2.25. The molecule has 2 amide bonds. The summed E-state index contributed by atoms with van der Waals surface area (Å²) in [6.45, 7) is 0. The van der Waals surface area contributed by atoms with Crippen molar-refractivity contribution in [2.45, 2.75) is 18.9 Å². The minimum Gasteiger partial charge on any atom is -0.368 e. The van der Waals surface area contributed by atoms with E-state index in [1.165, 1.54) is 24.3 Å². The van der Waals surface area contributed by atoms with Crippen LogP contribution in [0.4, 0.5) is 4.39 Å². The number of nitrogens with two attached hydrogens (primary N) is 1. The SMILES string of the molecule is NC(=O)[C@H](NC(=O)C1CC=CC1)c1ccc(F)cc1. The largest absolute Gasteiger partial charge is 0.368 e. The van der Waals surface area contributed by atoms with Crippen molar-refractivity contribution in [3.05, 3.63) is 47.8 Å². The van der Waals surface area contributed by atoms with Gasteiger partial charge >= 0.3 is 0 Å². The van der Waals surface area contributed by atoms with Crippen molar-refractivity contribution in [2.75, 3.05) is 0 Å². The van der Waals surface area contributed by atoms with E-state index < -0.39 is 17.8 Å². The van der Waals surface area contributed by atoms with E-state index in [1.807, 2.05) is 12.2 Å². The Bertz CT molecular complexity index is 503. The summed E-state index contributed by atoms with van der Waals surface area (Å²) in [5.41, 5.74) is 5.77. The lowest BCUT2D eigenvalue weighted by Crippen LogP contribution is -2.40. The van der Waals surface area contributed by atoms with E-state index in [0.29, 0.717) is 18.4 Å². The van der Waals surface area contributed by atoms with Crippen molar-refractivity contribution in [1.82, 2.24) is 5.32 Å². The van der Waals surface area contributed by atoms with Gasteiger partial charge in [-0.3, -0.25) is 9.59 Å². The van der Waals surface area contributed by atoms with Crippen molar-refractivity contribution < 1.29 is 14.0 Å². The molecule has 1 aromatic carbocycles. The maximum absolute atomic E-state index is 12.8. The van der Waals surface area contributed by atoms with Crippen LogP contribution in [0.2, 0.25) is 0 Å². The first kappa shape index (κ1) is 13.3. The predicted octanol–water partition coefficient (Wildman–Crippen LogP) is 1.43. The lowest BCUT2D eigenvalue weighted by atomic mass is 10.0. The van der Waals surface area contributed by atoms with Gasteiger partial charge in [-0.05, 0) is 30.5 Å². The van der Waals surface area contributed by atoms with Gasteiger partial charge in [0.2, 0.25) is 11.8 Å². The van der Waals surface area contributed by atoms with Gasteiger partial charge in [-0.25, -0.2) is 4.39 Å². The van der Waals surface area contributed by atoms with Gasteiger partial charge in [0.15, 0.2) is 0 Å². The predicted molar refractivity (Wildman–Crippen MR) is 68.3 cm³/mol. The summed E-state index contributed by atoms with van der Waals surface area (Å²) >= 11 is 0. The smallest absolute Gasteiger partial charge is 0.244 e. The lowest BCUT2D eigenvalue weighted by molar-refractivity contribution is -0.129. The van der Waals surface area contributed by atoms with Gasteiger partial charge in [0.25, 0.3) is 0 Å². The molecular weight excluding hydrogens is 247 g/mol. The summed E-state index contributed by atoms with van der Waals surface area (Å²) in [6, 6.07) is 4.42. The molecule has 1 atom stereocenters. The van der Waals surface area contributed by atoms with Crippen LogP contribution in [0, 0.1) is 11.7 Å². The van der Waals surface area contributed by atoms with Gasteiger partial charge in [-0.15, -0.1) is 0 Å². The Hall–Kier alpha value is -2.17. The number of halogens is 1. The second kappa shape index (κ2) is 5.65. The number of hydrogen-bond acceptors (Lipinski definition) is 2. The van der Waals surface area contributed by atoms with Gasteiger partial charge < -0.3 is 11.1 Å². The van der Waals surface area contributed by atoms with E-state index in [2.05, 4.69) is 5.32 Å². The molecule has 1 aromatic rings. The number of carbonyl (C=O) groups is 2. The van der Waals surface area contributed by atoms with Crippen LogP contribution < -0.4 is 11.1 Å². The number of primary amides is 1. The Labute approximate surface area is 110 Å². The second-order valence-corrected chi connectivity index (χ2v) is 4.54. The Morgan fingerprint density at radius 3 is 2.32 bits per heavy atom. The van der Waals surface area contributed by atoms with Crippen LogP contribution in [-0.2, 0) is 9.59 Å². The highest BCUT2D eigenvalue weighted by molar-refractivity contribution is 5.88. The van der Waals surface area contributed by atoms with E-state index in [1.54, 1.807) is 0 Å². The van der Waals surface area contributed by atoms with Crippen molar-refractivity contribution in [3.63, 3.8) is 0 Å². The van der Waals surface area contributed by atoms with E-state index in [0.717, 1.165) is 0 Å². The molecule has 3 N–H and O–H groups in total. The Morgan fingerprint density at radius 1 is 1.21 bits per heavy atom. The molecule has 0 saturated heterocycles. The second-order valence-electron chi connectivity index (χ2n) is 4.54. The molecular formula is C14H15FN2O2. The highest BCUT2D eigenvalue weighted by atomic mass is 19.1. The fourth-order valence-electron chi connectivity index (χ4n) is 2.07. The highest BCUT2D eigenvalue weighted by Crippen LogP contribution is 2.20. The fraction of sp³-hybridized carbons (Fsp3) is 0.286. The van der Waals surface area contributed by atoms with Crippen LogP contribution in [0.3, 0.4) is 0 Å². The monoisotopic (exact) mass is 262 g/mol. The van der Waals surface area contributed by atoms with Gasteiger partial charge in [-0.2, -0.15) is 0 Å². The maximum Gasteiger partial charge on any atom is 0.244 e. The molecule has 4 nitrogen and oxygen atoms in total. The zero-order chi connectivity index (χ0) is 13.8. The summed E-state index contributed by atoms with van der Waals surface area (Å²) in [4.78, 5) is 23.4. The molecule has 19 heavy (non-hydrogen) atoms. The number of rotatable bonds is 4. The summed E-state index contributed by atoms with van der Waals surface area (Å²) in [7, 11) is 0.